The number of hydrogen-bond donors (Lipinski definition) is 1. The molecule has 4 nitrogen and oxygen atoms in total. The predicted molar refractivity (Wildman–Crippen MR) is 68.8 cm³/mol. The molecule has 98 valence electrons. The fourth-order valence-corrected chi connectivity index (χ4v) is 1.56. The number of carbonyl (C=O) groups is 2. The molecule has 0 aliphatic carbocycles. The van der Waals surface area contributed by atoms with Gasteiger partial charge in [-0.2, -0.15) is 0 Å². The van der Waals surface area contributed by atoms with E-state index < -0.39 is 17.1 Å². The minimum absolute atomic E-state index is 0.105. The molecular weight excluding hydrogens is 230 g/mol. The standard InChI is InChI=1S/C14H19NO3/c1-13(2,3)18-12(17)14(15,9-10-16)11-7-5-4-6-8-11/h4-8,10H,9,15H2,1-3H3/t14-/m0/s1. The third-order valence-electron chi connectivity index (χ3n) is 2.46. The van der Waals surface area contributed by atoms with E-state index in [1.54, 1.807) is 45.0 Å². The van der Waals surface area contributed by atoms with Gasteiger partial charge in [-0.25, -0.2) is 4.79 Å². The van der Waals surface area contributed by atoms with Crippen LogP contribution in [0.5, 0.6) is 0 Å². The molecule has 0 heterocycles. The van der Waals surface area contributed by atoms with Crippen LogP contribution >= 0.6 is 0 Å². The van der Waals surface area contributed by atoms with E-state index in [-0.39, 0.29) is 6.42 Å². The van der Waals surface area contributed by atoms with Crippen LogP contribution in [-0.2, 0) is 19.9 Å². The van der Waals surface area contributed by atoms with Crippen molar-refractivity contribution < 1.29 is 14.3 Å². The zero-order valence-corrected chi connectivity index (χ0v) is 11.0. The summed E-state index contributed by atoms with van der Waals surface area (Å²) in [4.78, 5) is 22.9. The predicted octanol–water partition coefficient (Wildman–Crippen LogP) is 1.77. The van der Waals surface area contributed by atoms with E-state index in [0.717, 1.165) is 0 Å². The lowest BCUT2D eigenvalue weighted by Crippen LogP contribution is -2.48. The Kier molecular flexibility index (Phi) is 4.24. The highest BCUT2D eigenvalue weighted by atomic mass is 16.6. The lowest BCUT2D eigenvalue weighted by molar-refractivity contribution is -0.163. The van der Waals surface area contributed by atoms with Crippen molar-refractivity contribution in [2.75, 3.05) is 0 Å². The maximum absolute atomic E-state index is 12.2. The van der Waals surface area contributed by atoms with E-state index in [0.29, 0.717) is 11.8 Å². The highest BCUT2D eigenvalue weighted by molar-refractivity contribution is 5.85. The minimum atomic E-state index is -1.42. The van der Waals surface area contributed by atoms with Gasteiger partial charge >= 0.3 is 5.97 Å². The van der Waals surface area contributed by atoms with Crippen molar-refractivity contribution in [3.63, 3.8) is 0 Å². The van der Waals surface area contributed by atoms with Crippen LogP contribution in [-0.4, -0.2) is 17.9 Å². The summed E-state index contributed by atoms with van der Waals surface area (Å²) in [5.41, 5.74) is 4.59. The molecule has 0 bridgehead atoms. The van der Waals surface area contributed by atoms with Crippen molar-refractivity contribution in [2.24, 2.45) is 5.73 Å². The highest BCUT2D eigenvalue weighted by Gasteiger charge is 2.39. The van der Waals surface area contributed by atoms with Gasteiger partial charge in [0.15, 0.2) is 0 Å². The summed E-state index contributed by atoms with van der Waals surface area (Å²) in [6.07, 6.45) is 0.531. The number of rotatable bonds is 4. The maximum atomic E-state index is 12.2. The molecule has 0 spiro atoms. The first-order valence-electron chi connectivity index (χ1n) is 5.81. The fraction of sp³-hybridized carbons (Fsp3) is 0.429. The van der Waals surface area contributed by atoms with Crippen molar-refractivity contribution in [1.29, 1.82) is 0 Å². The number of nitrogens with two attached hydrogens (primary N) is 1. The molecule has 1 atom stereocenters. The van der Waals surface area contributed by atoms with Crippen LogP contribution in [0.25, 0.3) is 0 Å². The molecular formula is C14H19NO3. The summed E-state index contributed by atoms with van der Waals surface area (Å²) >= 11 is 0. The largest absolute Gasteiger partial charge is 0.458 e. The lowest BCUT2D eigenvalue weighted by Gasteiger charge is -2.30. The van der Waals surface area contributed by atoms with Gasteiger partial charge in [0.2, 0.25) is 0 Å². The molecule has 1 aromatic carbocycles. The fourth-order valence-electron chi connectivity index (χ4n) is 1.56. The van der Waals surface area contributed by atoms with Crippen LogP contribution in [0.2, 0.25) is 0 Å². The average molecular weight is 249 g/mol. The van der Waals surface area contributed by atoms with Crippen LogP contribution in [0.3, 0.4) is 0 Å². The van der Waals surface area contributed by atoms with E-state index in [1.807, 2.05) is 6.07 Å². The molecule has 18 heavy (non-hydrogen) atoms. The second-order valence-corrected chi connectivity index (χ2v) is 5.21. The van der Waals surface area contributed by atoms with E-state index in [2.05, 4.69) is 0 Å². The molecule has 0 radical (unpaired) electrons. The van der Waals surface area contributed by atoms with Gasteiger partial charge in [0.05, 0.1) is 0 Å². The Morgan fingerprint density at radius 1 is 1.28 bits per heavy atom. The van der Waals surface area contributed by atoms with Crippen molar-refractivity contribution in [3.8, 4) is 0 Å². The Labute approximate surface area is 107 Å². The highest BCUT2D eigenvalue weighted by Crippen LogP contribution is 2.25. The van der Waals surface area contributed by atoms with Crippen molar-refractivity contribution in [3.05, 3.63) is 35.9 Å². The topological polar surface area (TPSA) is 69.4 Å². The monoisotopic (exact) mass is 249 g/mol. The Bertz CT molecular complexity index is 422. The molecule has 0 aliphatic heterocycles. The third-order valence-corrected chi connectivity index (χ3v) is 2.46. The number of benzene rings is 1. The van der Waals surface area contributed by atoms with Gasteiger partial charge in [0.25, 0.3) is 0 Å². The molecule has 0 saturated heterocycles. The number of aldehydes is 1. The first kappa shape index (κ1) is 14.4. The number of esters is 1. The maximum Gasteiger partial charge on any atom is 0.331 e. The van der Waals surface area contributed by atoms with Crippen LogP contribution in [0.4, 0.5) is 0 Å². The molecule has 0 aliphatic rings. The number of carbonyl (C=O) groups excluding carboxylic acids is 2. The van der Waals surface area contributed by atoms with Crippen LogP contribution in [0.15, 0.2) is 30.3 Å². The Balaban J connectivity index is 3.08. The molecule has 0 amide bonds. The van der Waals surface area contributed by atoms with Gasteiger partial charge in [-0.3, -0.25) is 0 Å². The van der Waals surface area contributed by atoms with Gasteiger partial charge in [0.1, 0.15) is 17.4 Å². The molecule has 4 heteroatoms. The van der Waals surface area contributed by atoms with Crippen molar-refractivity contribution >= 4 is 12.3 Å². The summed E-state index contributed by atoms with van der Waals surface area (Å²) in [7, 11) is 0. The first-order chi connectivity index (χ1) is 8.29. The summed E-state index contributed by atoms with van der Waals surface area (Å²) in [5, 5.41) is 0. The van der Waals surface area contributed by atoms with E-state index in [9.17, 15) is 9.59 Å². The Morgan fingerprint density at radius 2 is 1.83 bits per heavy atom. The quantitative estimate of drug-likeness (QED) is 0.652. The zero-order valence-electron chi connectivity index (χ0n) is 11.0. The van der Waals surface area contributed by atoms with Gasteiger partial charge < -0.3 is 15.3 Å². The first-order valence-corrected chi connectivity index (χ1v) is 5.81. The van der Waals surface area contributed by atoms with Gasteiger partial charge in [0, 0.05) is 6.42 Å². The molecule has 1 rings (SSSR count). The van der Waals surface area contributed by atoms with E-state index >= 15 is 0 Å². The lowest BCUT2D eigenvalue weighted by atomic mass is 9.88. The Hall–Kier alpha value is -1.68. The van der Waals surface area contributed by atoms with Crippen LogP contribution in [0, 0.1) is 0 Å². The van der Waals surface area contributed by atoms with Gasteiger partial charge in [-0.1, -0.05) is 30.3 Å². The third kappa shape index (κ3) is 3.40. The smallest absolute Gasteiger partial charge is 0.331 e. The zero-order chi connectivity index (χ0) is 13.8. The molecule has 0 saturated carbocycles. The van der Waals surface area contributed by atoms with E-state index in [4.69, 9.17) is 10.5 Å². The molecule has 0 unspecified atom stereocenters. The van der Waals surface area contributed by atoms with Gasteiger partial charge in [-0.05, 0) is 26.3 Å². The van der Waals surface area contributed by atoms with Crippen molar-refractivity contribution in [2.45, 2.75) is 38.3 Å². The molecule has 0 aromatic heterocycles. The normalized spacial score (nSPS) is 14.7. The summed E-state index contributed by atoms with van der Waals surface area (Å²) in [6, 6.07) is 8.79. The second kappa shape index (κ2) is 5.31. The Morgan fingerprint density at radius 3 is 2.28 bits per heavy atom. The molecule has 1 aromatic rings. The van der Waals surface area contributed by atoms with E-state index in [1.165, 1.54) is 0 Å². The summed E-state index contributed by atoms with van der Waals surface area (Å²) < 4.78 is 5.29. The summed E-state index contributed by atoms with van der Waals surface area (Å²) in [6.45, 7) is 5.28. The van der Waals surface area contributed by atoms with Crippen molar-refractivity contribution in [1.82, 2.24) is 0 Å². The van der Waals surface area contributed by atoms with Crippen LogP contribution in [0.1, 0.15) is 32.8 Å². The SMILES string of the molecule is CC(C)(C)OC(=O)[C@](N)(CC=O)c1ccccc1. The average Bonchev–Trinajstić information content (AvgIpc) is 2.28. The van der Waals surface area contributed by atoms with Crippen LogP contribution < -0.4 is 5.73 Å². The summed E-state index contributed by atoms with van der Waals surface area (Å²) in [5.74, 6) is -0.590. The molecule has 0 fully saturated rings. The number of hydrogen-bond acceptors (Lipinski definition) is 4. The van der Waals surface area contributed by atoms with Gasteiger partial charge in [-0.15, -0.1) is 0 Å². The minimum Gasteiger partial charge on any atom is -0.458 e. The number of ether oxygens (including phenoxy) is 1. The molecule has 2 N–H and O–H groups in total. The second-order valence-electron chi connectivity index (χ2n) is 5.21.